The molecule has 0 unspecified atom stereocenters. The number of nitro groups is 1. The molecule has 0 bridgehead atoms. The second-order valence-corrected chi connectivity index (χ2v) is 3.95. The molecule has 102 valence electrons. The summed E-state index contributed by atoms with van der Waals surface area (Å²) in [6.45, 7) is 0. The van der Waals surface area contributed by atoms with Crippen LogP contribution in [-0.4, -0.2) is 10.0 Å². The maximum Gasteiger partial charge on any atom is 0.415 e. The fourth-order valence-electron chi connectivity index (χ4n) is 1.95. The minimum Gasteiger partial charge on any atom is -0.261 e. The van der Waals surface area contributed by atoms with Crippen molar-refractivity contribution in [2.24, 2.45) is 0 Å². The van der Waals surface area contributed by atoms with E-state index in [4.69, 9.17) is 0 Å². The predicted octanol–water partition coefficient (Wildman–Crippen LogP) is 2.37. The molecule has 2 aromatic rings. The Morgan fingerprint density at radius 2 is 1.20 bits per heavy atom. The summed E-state index contributed by atoms with van der Waals surface area (Å²) < 4.78 is 0. The third-order valence-electron chi connectivity index (χ3n) is 2.79. The lowest BCUT2D eigenvalue weighted by Crippen LogP contribution is -2.41. The zero-order chi connectivity index (χ0) is 14.6. The first kappa shape index (κ1) is 13.5. The molecule has 0 heterocycles. The second kappa shape index (κ2) is 5.35. The van der Waals surface area contributed by atoms with E-state index in [1.54, 1.807) is 36.4 Å². The maximum atomic E-state index is 11.5. The third-order valence-corrected chi connectivity index (χ3v) is 2.79. The molecule has 0 saturated carbocycles. The van der Waals surface area contributed by atoms with Crippen molar-refractivity contribution in [1.82, 2.24) is 0 Å². The first-order valence-corrected chi connectivity index (χ1v) is 5.66. The summed E-state index contributed by atoms with van der Waals surface area (Å²) in [4.78, 5) is 26.0. The van der Waals surface area contributed by atoms with Gasteiger partial charge in [0.15, 0.2) is 0 Å². The molecule has 20 heavy (non-hydrogen) atoms. The number of hydrogen-bond acceptors (Lipinski definition) is 5. The van der Waals surface area contributed by atoms with E-state index in [1.165, 1.54) is 24.3 Å². The van der Waals surface area contributed by atoms with Crippen molar-refractivity contribution in [2.45, 2.75) is 5.72 Å². The van der Waals surface area contributed by atoms with E-state index in [2.05, 4.69) is 4.84 Å². The van der Waals surface area contributed by atoms with Crippen molar-refractivity contribution < 1.29 is 14.8 Å². The summed E-state index contributed by atoms with van der Waals surface area (Å²) in [7, 11) is 0. The van der Waals surface area contributed by atoms with Gasteiger partial charge in [-0.25, -0.2) is 4.84 Å². The quantitative estimate of drug-likeness (QED) is 0.473. The first-order valence-electron chi connectivity index (χ1n) is 5.66. The molecule has 7 heteroatoms. The average Bonchev–Trinajstić information content (AvgIpc) is 2.46. The normalized spacial score (nSPS) is 10.8. The summed E-state index contributed by atoms with van der Waals surface area (Å²) in [5.41, 5.74) is -2.22. The highest BCUT2D eigenvalue weighted by atomic mass is 17.0. The Balaban J connectivity index is 2.69. The van der Waals surface area contributed by atoms with E-state index >= 15 is 0 Å². The smallest absolute Gasteiger partial charge is 0.261 e. The Labute approximate surface area is 113 Å². The van der Waals surface area contributed by atoms with E-state index in [-0.39, 0.29) is 11.1 Å². The van der Waals surface area contributed by atoms with Gasteiger partial charge in [-0.3, -0.25) is 10.1 Å². The predicted molar refractivity (Wildman–Crippen MR) is 68.7 cm³/mol. The van der Waals surface area contributed by atoms with Gasteiger partial charge in [0.25, 0.3) is 0 Å². The molecule has 0 N–H and O–H groups in total. The van der Waals surface area contributed by atoms with Crippen molar-refractivity contribution in [1.29, 1.82) is 0 Å². The van der Waals surface area contributed by atoms with Crippen molar-refractivity contribution in [3.63, 3.8) is 0 Å². The minimum atomic E-state index is -2.37. The van der Waals surface area contributed by atoms with Gasteiger partial charge in [0.1, 0.15) is 0 Å². The van der Waals surface area contributed by atoms with Crippen molar-refractivity contribution >= 4 is 0 Å². The van der Waals surface area contributed by atoms with Crippen LogP contribution in [0.4, 0.5) is 0 Å². The van der Waals surface area contributed by atoms with Gasteiger partial charge in [0.05, 0.1) is 16.1 Å². The molecule has 0 saturated heterocycles. The molecule has 0 aliphatic heterocycles. The van der Waals surface area contributed by atoms with Crippen LogP contribution in [0, 0.1) is 20.2 Å². The van der Waals surface area contributed by atoms with Crippen LogP contribution in [0.15, 0.2) is 60.7 Å². The summed E-state index contributed by atoms with van der Waals surface area (Å²) in [5, 5.41) is 21.1. The molecule has 0 atom stereocenters. The third kappa shape index (κ3) is 2.28. The molecule has 2 aromatic carbocycles. The molecule has 0 spiro atoms. The van der Waals surface area contributed by atoms with Crippen LogP contribution in [0.25, 0.3) is 0 Å². The highest BCUT2D eigenvalue weighted by molar-refractivity contribution is 5.33. The van der Waals surface area contributed by atoms with Gasteiger partial charge in [0, 0.05) is 0 Å². The topological polar surface area (TPSA) is 95.5 Å². The van der Waals surface area contributed by atoms with Gasteiger partial charge in [-0.2, -0.15) is 0 Å². The van der Waals surface area contributed by atoms with Crippen LogP contribution in [0.5, 0.6) is 0 Å². The van der Waals surface area contributed by atoms with Gasteiger partial charge in [-0.1, -0.05) is 36.4 Å². The minimum absolute atomic E-state index is 0.0768. The summed E-state index contributed by atoms with van der Waals surface area (Å²) >= 11 is 0. The van der Waals surface area contributed by atoms with Gasteiger partial charge >= 0.3 is 10.8 Å². The summed E-state index contributed by atoms with van der Waals surface area (Å²) in [5.74, 6) is 0. The van der Waals surface area contributed by atoms with E-state index < -0.39 is 15.7 Å². The van der Waals surface area contributed by atoms with Crippen LogP contribution in [0.3, 0.4) is 0 Å². The zero-order valence-electron chi connectivity index (χ0n) is 10.2. The monoisotopic (exact) mass is 274 g/mol. The first-order chi connectivity index (χ1) is 9.57. The van der Waals surface area contributed by atoms with Gasteiger partial charge < -0.3 is 0 Å². The van der Waals surface area contributed by atoms with Crippen LogP contribution in [-0.2, 0) is 10.6 Å². The Bertz CT molecular complexity index is 576. The molecule has 0 aliphatic rings. The molecule has 0 fully saturated rings. The maximum absolute atomic E-state index is 11.5. The highest BCUT2D eigenvalue weighted by Gasteiger charge is 2.51. The van der Waals surface area contributed by atoms with Crippen LogP contribution in [0.1, 0.15) is 11.1 Å². The number of nitrogens with zero attached hydrogens (tertiary/aromatic N) is 2. The number of hydrogen-bond donors (Lipinski definition) is 0. The van der Waals surface area contributed by atoms with E-state index in [1.807, 2.05) is 0 Å². The van der Waals surface area contributed by atoms with E-state index in [9.17, 15) is 20.2 Å². The number of benzene rings is 2. The molecule has 2 rings (SSSR count). The Kier molecular flexibility index (Phi) is 3.60. The lowest BCUT2D eigenvalue weighted by Gasteiger charge is -2.23. The van der Waals surface area contributed by atoms with E-state index in [0.29, 0.717) is 0 Å². The van der Waals surface area contributed by atoms with Gasteiger partial charge in [-0.15, -0.1) is 10.1 Å². The number of rotatable bonds is 5. The van der Waals surface area contributed by atoms with Crippen LogP contribution in [0.2, 0.25) is 0 Å². The van der Waals surface area contributed by atoms with Crippen LogP contribution < -0.4 is 0 Å². The van der Waals surface area contributed by atoms with E-state index in [0.717, 1.165) is 0 Å². The lowest BCUT2D eigenvalue weighted by molar-refractivity contribution is -0.852. The average molecular weight is 274 g/mol. The molecule has 0 amide bonds. The zero-order valence-corrected chi connectivity index (χ0v) is 10.2. The molecule has 7 nitrogen and oxygen atoms in total. The SMILES string of the molecule is O=[N+]([O-])OC(c1ccccc1)(c1ccccc1)[N+](=O)[O-]. The molecule has 0 aliphatic carbocycles. The van der Waals surface area contributed by atoms with Crippen molar-refractivity contribution in [2.75, 3.05) is 0 Å². The largest absolute Gasteiger partial charge is 0.415 e. The second-order valence-electron chi connectivity index (χ2n) is 3.95. The van der Waals surface area contributed by atoms with Gasteiger partial charge in [0.2, 0.25) is 0 Å². The molecule has 0 aromatic heterocycles. The Hall–Kier alpha value is -2.96. The van der Waals surface area contributed by atoms with Gasteiger partial charge in [-0.05, 0) is 24.3 Å². The fraction of sp³-hybridized carbons (Fsp3) is 0.0769. The standard InChI is InChI=1S/C13H10N2O5/c16-14(17)13(20-15(18)19,11-7-3-1-4-8-11)12-9-5-2-6-10-12/h1-10H. The van der Waals surface area contributed by atoms with Crippen molar-refractivity contribution in [3.05, 3.63) is 92.0 Å². The Morgan fingerprint density at radius 3 is 1.50 bits per heavy atom. The van der Waals surface area contributed by atoms with Crippen molar-refractivity contribution in [3.8, 4) is 0 Å². The fourth-order valence-corrected chi connectivity index (χ4v) is 1.95. The highest BCUT2D eigenvalue weighted by Crippen LogP contribution is 2.34. The molecule has 0 radical (unpaired) electrons. The lowest BCUT2D eigenvalue weighted by atomic mass is 9.95. The molecular weight excluding hydrogens is 264 g/mol. The summed E-state index contributed by atoms with van der Waals surface area (Å²) in [6, 6.07) is 15.2. The Morgan fingerprint density at radius 1 is 0.800 bits per heavy atom. The van der Waals surface area contributed by atoms with Crippen LogP contribution >= 0.6 is 0 Å². The summed E-state index contributed by atoms with van der Waals surface area (Å²) in [6.07, 6.45) is 0. The molecular formula is C13H10N2O5.